The van der Waals surface area contributed by atoms with Crippen molar-refractivity contribution in [1.29, 1.82) is 0 Å². The van der Waals surface area contributed by atoms with Gasteiger partial charge in [-0.3, -0.25) is 9.59 Å². The van der Waals surface area contributed by atoms with E-state index in [1.54, 1.807) is 6.07 Å². The molecule has 0 heterocycles. The van der Waals surface area contributed by atoms with Gasteiger partial charge in [-0.25, -0.2) is 0 Å². The Bertz CT molecular complexity index is 594. The smallest absolute Gasteiger partial charge is 0.249 e. The highest BCUT2D eigenvalue weighted by Gasteiger charge is 2.27. The van der Waals surface area contributed by atoms with Gasteiger partial charge in [0.2, 0.25) is 11.8 Å². The van der Waals surface area contributed by atoms with E-state index in [4.69, 9.17) is 5.73 Å². The molecule has 1 aliphatic carbocycles. The third-order valence-electron chi connectivity index (χ3n) is 4.90. The van der Waals surface area contributed by atoms with Crippen LogP contribution in [0.15, 0.2) is 18.2 Å². The summed E-state index contributed by atoms with van der Waals surface area (Å²) in [6, 6.07) is 5.47. The van der Waals surface area contributed by atoms with Gasteiger partial charge in [0.25, 0.3) is 0 Å². The Labute approximate surface area is 144 Å². The maximum atomic E-state index is 12.8. The van der Waals surface area contributed by atoms with Crippen molar-refractivity contribution >= 4 is 17.5 Å². The van der Waals surface area contributed by atoms with Gasteiger partial charge >= 0.3 is 0 Å². The number of nitrogens with two attached hydrogens (primary N) is 1. The van der Waals surface area contributed by atoms with Crippen LogP contribution in [0.3, 0.4) is 0 Å². The minimum Gasteiger partial charge on any atom is -0.374 e. The molecule has 0 radical (unpaired) electrons. The molecule has 1 saturated carbocycles. The number of rotatable bonds is 6. The van der Waals surface area contributed by atoms with Crippen molar-refractivity contribution in [3.63, 3.8) is 0 Å². The fourth-order valence-corrected chi connectivity index (χ4v) is 3.52. The molecule has 0 aromatic heterocycles. The summed E-state index contributed by atoms with van der Waals surface area (Å²) in [6.45, 7) is 6.49. The third kappa shape index (κ3) is 4.28. The van der Waals surface area contributed by atoms with Crippen molar-refractivity contribution in [2.75, 3.05) is 11.9 Å². The van der Waals surface area contributed by atoms with Gasteiger partial charge in [-0.1, -0.05) is 25.3 Å². The third-order valence-corrected chi connectivity index (χ3v) is 4.90. The maximum Gasteiger partial charge on any atom is 0.249 e. The number of aryl methyl sites for hydroxylation is 1. The Morgan fingerprint density at radius 3 is 2.54 bits per heavy atom. The first-order valence-electron chi connectivity index (χ1n) is 8.91. The second kappa shape index (κ2) is 8.18. The normalized spacial score (nSPS) is 16.5. The van der Waals surface area contributed by atoms with E-state index in [2.05, 4.69) is 5.32 Å². The predicted molar refractivity (Wildman–Crippen MR) is 97.0 cm³/mol. The lowest BCUT2D eigenvalue weighted by Crippen LogP contribution is -2.47. The molecule has 1 aliphatic rings. The zero-order chi connectivity index (χ0) is 17.7. The number of nitrogens with one attached hydrogen (secondary N) is 1. The Morgan fingerprint density at radius 2 is 1.96 bits per heavy atom. The van der Waals surface area contributed by atoms with Crippen LogP contribution in [0.25, 0.3) is 0 Å². The molecule has 2 amide bonds. The summed E-state index contributed by atoms with van der Waals surface area (Å²) in [7, 11) is 0. The number of carbonyl (C=O) groups is 2. The lowest BCUT2D eigenvalue weighted by molar-refractivity contribution is -0.134. The molecule has 0 unspecified atom stereocenters. The summed E-state index contributed by atoms with van der Waals surface area (Å²) in [6.07, 6.45) is 5.88. The van der Waals surface area contributed by atoms with Crippen LogP contribution in [0.1, 0.15) is 61.9 Å². The molecule has 0 aliphatic heterocycles. The number of likely N-dealkylation sites (N-methyl/N-ethyl adjacent to an activating group) is 1. The van der Waals surface area contributed by atoms with Gasteiger partial charge in [-0.2, -0.15) is 0 Å². The number of benzene rings is 1. The molecule has 1 aromatic rings. The summed E-state index contributed by atoms with van der Waals surface area (Å²) in [5.74, 6) is -0.335. The minimum absolute atomic E-state index is 0.116. The van der Waals surface area contributed by atoms with E-state index in [1.807, 2.05) is 37.8 Å². The van der Waals surface area contributed by atoms with E-state index in [0.717, 1.165) is 30.6 Å². The van der Waals surface area contributed by atoms with Gasteiger partial charge in [0.15, 0.2) is 0 Å². The molecule has 0 bridgehead atoms. The molecule has 5 nitrogen and oxygen atoms in total. The highest BCUT2D eigenvalue weighted by Crippen LogP contribution is 2.23. The molecule has 5 heteroatoms. The van der Waals surface area contributed by atoms with E-state index in [-0.39, 0.29) is 11.9 Å². The van der Waals surface area contributed by atoms with Crippen LogP contribution in [0.5, 0.6) is 0 Å². The first kappa shape index (κ1) is 18.3. The number of hydrogen-bond acceptors (Lipinski definition) is 3. The van der Waals surface area contributed by atoms with Crippen molar-refractivity contribution in [2.45, 2.75) is 65.0 Å². The molecular formula is C19H29N3O2. The van der Waals surface area contributed by atoms with Gasteiger partial charge in [0.1, 0.15) is 6.04 Å². The lowest BCUT2D eigenvalue weighted by atomic mass is 9.94. The fraction of sp³-hybridized carbons (Fsp3) is 0.579. The highest BCUT2D eigenvalue weighted by atomic mass is 16.2. The second-order valence-corrected chi connectivity index (χ2v) is 6.68. The molecule has 24 heavy (non-hydrogen) atoms. The monoisotopic (exact) mass is 331 g/mol. The van der Waals surface area contributed by atoms with E-state index in [9.17, 15) is 9.59 Å². The van der Waals surface area contributed by atoms with Crippen LogP contribution in [0.4, 0.5) is 5.69 Å². The Kier molecular flexibility index (Phi) is 6.23. The van der Waals surface area contributed by atoms with Crippen molar-refractivity contribution in [3.05, 3.63) is 29.3 Å². The van der Waals surface area contributed by atoms with Crippen LogP contribution in [0.2, 0.25) is 0 Å². The van der Waals surface area contributed by atoms with E-state index < -0.39 is 5.91 Å². The number of anilines is 1. The molecule has 132 valence electrons. The highest BCUT2D eigenvalue weighted by molar-refractivity contribution is 5.95. The molecule has 1 fully saturated rings. The van der Waals surface area contributed by atoms with Crippen molar-refractivity contribution < 1.29 is 9.59 Å². The summed E-state index contributed by atoms with van der Waals surface area (Å²) in [5.41, 5.74) is 7.47. The van der Waals surface area contributed by atoms with Crippen LogP contribution in [-0.4, -0.2) is 35.3 Å². The number of amides is 2. The maximum absolute atomic E-state index is 12.8. The molecule has 1 aromatic carbocycles. The average molecular weight is 331 g/mol. The largest absolute Gasteiger partial charge is 0.374 e. The second-order valence-electron chi connectivity index (χ2n) is 6.68. The Hall–Kier alpha value is -2.04. The van der Waals surface area contributed by atoms with Gasteiger partial charge in [0, 0.05) is 23.8 Å². The van der Waals surface area contributed by atoms with E-state index in [0.29, 0.717) is 11.6 Å². The van der Waals surface area contributed by atoms with Crippen molar-refractivity contribution in [2.24, 2.45) is 5.73 Å². The molecule has 2 rings (SSSR count). The minimum atomic E-state index is -0.451. The fourth-order valence-electron chi connectivity index (χ4n) is 3.52. The lowest BCUT2D eigenvalue weighted by Gasteiger charge is -2.35. The van der Waals surface area contributed by atoms with Crippen molar-refractivity contribution in [3.8, 4) is 0 Å². The van der Waals surface area contributed by atoms with Crippen LogP contribution >= 0.6 is 0 Å². The van der Waals surface area contributed by atoms with Crippen molar-refractivity contribution in [1.82, 2.24) is 4.90 Å². The van der Waals surface area contributed by atoms with Gasteiger partial charge in [-0.05, 0) is 51.3 Å². The SMILES string of the molecule is CCN(C(=O)[C@@H](C)Nc1ccc(C)c(C(N)=O)c1)C1CCCCC1. The number of nitrogens with zero attached hydrogens (tertiary/aromatic N) is 1. The van der Waals surface area contributed by atoms with E-state index >= 15 is 0 Å². The Morgan fingerprint density at radius 1 is 1.29 bits per heavy atom. The number of hydrogen-bond donors (Lipinski definition) is 2. The molecule has 3 N–H and O–H groups in total. The molecular weight excluding hydrogens is 302 g/mol. The quantitative estimate of drug-likeness (QED) is 0.841. The van der Waals surface area contributed by atoms with Crippen LogP contribution in [0, 0.1) is 6.92 Å². The average Bonchev–Trinajstić information content (AvgIpc) is 2.57. The van der Waals surface area contributed by atoms with E-state index in [1.165, 1.54) is 19.3 Å². The standard InChI is InChI=1S/C19H29N3O2/c1-4-22(16-8-6-5-7-9-16)19(24)14(3)21-15-11-10-13(2)17(12-15)18(20)23/h10-12,14,16,21H,4-9H2,1-3H3,(H2,20,23)/t14-/m1/s1. The van der Waals surface area contributed by atoms with Gasteiger partial charge < -0.3 is 16.0 Å². The summed E-state index contributed by atoms with van der Waals surface area (Å²) >= 11 is 0. The summed E-state index contributed by atoms with van der Waals surface area (Å²) in [5, 5.41) is 3.22. The number of carbonyl (C=O) groups excluding carboxylic acids is 2. The molecule has 0 saturated heterocycles. The topological polar surface area (TPSA) is 75.4 Å². The van der Waals surface area contributed by atoms with Crippen LogP contribution < -0.4 is 11.1 Å². The van der Waals surface area contributed by atoms with Gasteiger partial charge in [0.05, 0.1) is 0 Å². The Balaban J connectivity index is 2.07. The molecule has 1 atom stereocenters. The first-order chi connectivity index (χ1) is 11.4. The zero-order valence-electron chi connectivity index (χ0n) is 15.0. The summed E-state index contributed by atoms with van der Waals surface area (Å²) in [4.78, 5) is 26.3. The summed E-state index contributed by atoms with van der Waals surface area (Å²) < 4.78 is 0. The molecule has 0 spiro atoms. The zero-order valence-corrected chi connectivity index (χ0v) is 15.0. The van der Waals surface area contributed by atoms with Crippen LogP contribution in [-0.2, 0) is 4.79 Å². The predicted octanol–water partition coefficient (Wildman–Crippen LogP) is 3.08. The number of primary amides is 1. The van der Waals surface area contributed by atoms with Gasteiger partial charge in [-0.15, -0.1) is 0 Å². The first-order valence-corrected chi connectivity index (χ1v) is 8.91.